The van der Waals surface area contributed by atoms with Crippen molar-refractivity contribution in [2.45, 2.75) is 25.8 Å². The van der Waals surface area contributed by atoms with Gasteiger partial charge in [0.15, 0.2) is 11.5 Å². The van der Waals surface area contributed by atoms with Crippen molar-refractivity contribution < 1.29 is 19.1 Å². The number of imide groups is 1. The van der Waals surface area contributed by atoms with E-state index in [0.717, 1.165) is 36.4 Å². The van der Waals surface area contributed by atoms with E-state index in [1.165, 1.54) is 0 Å². The van der Waals surface area contributed by atoms with Crippen LogP contribution in [0.5, 0.6) is 11.5 Å². The summed E-state index contributed by atoms with van der Waals surface area (Å²) in [6.07, 6.45) is 2.00. The highest BCUT2D eigenvalue weighted by molar-refractivity contribution is 5.95. The molecule has 3 amide bonds. The van der Waals surface area contributed by atoms with Crippen LogP contribution in [-0.2, 0) is 4.79 Å². The van der Waals surface area contributed by atoms with Gasteiger partial charge in [-0.3, -0.25) is 15.0 Å². The fourth-order valence-corrected chi connectivity index (χ4v) is 3.22. The fraction of sp³-hybridized carbons (Fsp3) is 0.529. The number of likely N-dealkylation sites (tertiary alicyclic amines) is 1. The van der Waals surface area contributed by atoms with Gasteiger partial charge in [-0.2, -0.15) is 0 Å². The van der Waals surface area contributed by atoms with Gasteiger partial charge in [-0.25, -0.2) is 4.79 Å². The zero-order valence-electron chi connectivity index (χ0n) is 13.8. The summed E-state index contributed by atoms with van der Waals surface area (Å²) in [5, 5.41) is 4.91. The second-order valence-corrected chi connectivity index (χ2v) is 5.94. The Labute approximate surface area is 141 Å². The van der Waals surface area contributed by atoms with Crippen molar-refractivity contribution >= 4 is 11.9 Å². The lowest BCUT2D eigenvalue weighted by atomic mass is 10.0. The number of rotatable bonds is 4. The van der Waals surface area contributed by atoms with Crippen molar-refractivity contribution in [3.05, 3.63) is 23.8 Å². The van der Waals surface area contributed by atoms with Gasteiger partial charge in [0.2, 0.25) is 5.91 Å². The van der Waals surface area contributed by atoms with Gasteiger partial charge in [-0.05, 0) is 44.0 Å². The molecule has 1 atom stereocenters. The Morgan fingerprint density at radius 3 is 2.83 bits per heavy atom. The summed E-state index contributed by atoms with van der Waals surface area (Å²) in [6.45, 7) is 4.46. The van der Waals surface area contributed by atoms with E-state index in [-0.39, 0.29) is 18.5 Å². The molecule has 0 aliphatic carbocycles. The maximum absolute atomic E-state index is 12.0. The zero-order chi connectivity index (χ0) is 16.9. The number of nitrogens with one attached hydrogen (secondary N) is 2. The summed E-state index contributed by atoms with van der Waals surface area (Å²) in [5.74, 6) is 1.24. The third-order valence-electron chi connectivity index (χ3n) is 4.25. The summed E-state index contributed by atoms with van der Waals surface area (Å²) in [7, 11) is 0. The Kier molecular flexibility index (Phi) is 5.20. The Balaban J connectivity index is 1.65. The third-order valence-corrected chi connectivity index (χ3v) is 4.25. The monoisotopic (exact) mass is 333 g/mol. The summed E-state index contributed by atoms with van der Waals surface area (Å²) in [5.41, 5.74) is 1.11. The fourth-order valence-electron chi connectivity index (χ4n) is 3.22. The Hall–Kier alpha value is -2.28. The zero-order valence-corrected chi connectivity index (χ0v) is 13.8. The molecule has 0 bridgehead atoms. The molecule has 2 N–H and O–H groups in total. The molecule has 7 heteroatoms. The SMILES string of the molecule is CCNC(=O)NC(=O)CN1CCC[C@@H]1c1ccc2c(c1)OCCO2. The normalized spacial score (nSPS) is 19.8. The Bertz CT molecular complexity index is 620. The van der Waals surface area contributed by atoms with E-state index in [1.54, 1.807) is 0 Å². The number of hydrogen-bond donors (Lipinski definition) is 2. The van der Waals surface area contributed by atoms with Crippen molar-refractivity contribution in [3.63, 3.8) is 0 Å². The minimum Gasteiger partial charge on any atom is -0.486 e. The number of ether oxygens (including phenoxy) is 2. The summed E-state index contributed by atoms with van der Waals surface area (Å²) in [6, 6.07) is 5.66. The molecule has 0 unspecified atom stereocenters. The Morgan fingerprint density at radius 2 is 2.04 bits per heavy atom. The smallest absolute Gasteiger partial charge is 0.321 e. The number of fused-ring (bicyclic) bond motifs is 1. The number of carbonyl (C=O) groups excluding carboxylic acids is 2. The van der Waals surface area contributed by atoms with E-state index < -0.39 is 6.03 Å². The lowest BCUT2D eigenvalue weighted by Gasteiger charge is -2.26. The van der Waals surface area contributed by atoms with E-state index in [4.69, 9.17) is 9.47 Å². The summed E-state index contributed by atoms with van der Waals surface area (Å²) >= 11 is 0. The molecule has 0 radical (unpaired) electrons. The molecule has 1 aromatic carbocycles. The number of hydrogen-bond acceptors (Lipinski definition) is 5. The molecule has 24 heavy (non-hydrogen) atoms. The van der Waals surface area contributed by atoms with Crippen molar-refractivity contribution in [3.8, 4) is 11.5 Å². The summed E-state index contributed by atoms with van der Waals surface area (Å²) < 4.78 is 11.2. The molecule has 0 aromatic heterocycles. The minimum atomic E-state index is -0.447. The van der Waals surface area contributed by atoms with E-state index in [1.807, 2.05) is 25.1 Å². The van der Waals surface area contributed by atoms with Gasteiger partial charge in [0.05, 0.1) is 6.54 Å². The molecule has 2 heterocycles. The first kappa shape index (κ1) is 16.6. The first-order valence-electron chi connectivity index (χ1n) is 8.38. The van der Waals surface area contributed by atoms with Crippen molar-refractivity contribution in [2.24, 2.45) is 0 Å². The molecular weight excluding hydrogens is 310 g/mol. The lowest BCUT2D eigenvalue weighted by molar-refractivity contribution is -0.121. The molecule has 0 saturated carbocycles. The molecule has 1 saturated heterocycles. The quantitative estimate of drug-likeness (QED) is 0.871. The number of carbonyl (C=O) groups is 2. The van der Waals surface area contributed by atoms with Crippen LogP contribution in [0.4, 0.5) is 4.79 Å². The second-order valence-electron chi connectivity index (χ2n) is 5.94. The van der Waals surface area contributed by atoms with E-state index in [9.17, 15) is 9.59 Å². The first-order valence-corrected chi connectivity index (χ1v) is 8.38. The molecule has 1 aromatic rings. The highest BCUT2D eigenvalue weighted by Crippen LogP contribution is 2.37. The standard InChI is InChI=1S/C17H23N3O4/c1-2-18-17(22)19-16(21)11-20-7-3-4-13(20)12-5-6-14-15(10-12)24-9-8-23-14/h5-6,10,13H,2-4,7-9,11H2,1H3,(H2,18,19,21,22)/t13-/m1/s1. The van der Waals surface area contributed by atoms with Gasteiger partial charge in [0.25, 0.3) is 0 Å². The van der Waals surface area contributed by atoms with E-state index in [2.05, 4.69) is 15.5 Å². The maximum atomic E-state index is 12.0. The van der Waals surface area contributed by atoms with Crippen LogP contribution in [0, 0.1) is 0 Å². The van der Waals surface area contributed by atoms with Crippen LogP contribution >= 0.6 is 0 Å². The van der Waals surface area contributed by atoms with Crippen LogP contribution in [0.2, 0.25) is 0 Å². The first-order chi connectivity index (χ1) is 11.7. The van der Waals surface area contributed by atoms with Crippen LogP contribution in [0.3, 0.4) is 0 Å². The van der Waals surface area contributed by atoms with E-state index >= 15 is 0 Å². The van der Waals surface area contributed by atoms with Crippen LogP contribution in [0.15, 0.2) is 18.2 Å². The molecule has 1 fully saturated rings. The average molecular weight is 333 g/mol. The van der Waals surface area contributed by atoms with Crippen LogP contribution in [0.1, 0.15) is 31.4 Å². The molecule has 2 aliphatic rings. The number of benzene rings is 1. The molecule has 3 rings (SSSR count). The average Bonchev–Trinajstić information content (AvgIpc) is 3.02. The summed E-state index contributed by atoms with van der Waals surface area (Å²) in [4.78, 5) is 25.6. The van der Waals surface area contributed by atoms with Gasteiger partial charge in [0.1, 0.15) is 13.2 Å². The van der Waals surface area contributed by atoms with E-state index in [0.29, 0.717) is 19.8 Å². The molecule has 7 nitrogen and oxygen atoms in total. The number of urea groups is 1. The lowest BCUT2D eigenvalue weighted by Crippen LogP contribution is -2.44. The third kappa shape index (κ3) is 3.79. The van der Waals surface area contributed by atoms with Crippen molar-refractivity contribution in [1.29, 1.82) is 0 Å². The largest absolute Gasteiger partial charge is 0.486 e. The topological polar surface area (TPSA) is 79.9 Å². The predicted molar refractivity (Wildman–Crippen MR) is 88.2 cm³/mol. The maximum Gasteiger partial charge on any atom is 0.321 e. The molecule has 0 spiro atoms. The number of amides is 3. The van der Waals surface area contributed by atoms with Gasteiger partial charge in [-0.15, -0.1) is 0 Å². The van der Waals surface area contributed by atoms with Crippen molar-refractivity contribution in [2.75, 3.05) is 32.8 Å². The minimum absolute atomic E-state index is 0.154. The van der Waals surface area contributed by atoms with Crippen LogP contribution in [-0.4, -0.2) is 49.7 Å². The second kappa shape index (κ2) is 7.53. The highest BCUT2D eigenvalue weighted by atomic mass is 16.6. The van der Waals surface area contributed by atoms with Gasteiger partial charge < -0.3 is 14.8 Å². The Morgan fingerprint density at radius 1 is 1.25 bits per heavy atom. The van der Waals surface area contributed by atoms with Crippen LogP contribution < -0.4 is 20.1 Å². The molecule has 2 aliphatic heterocycles. The highest BCUT2D eigenvalue weighted by Gasteiger charge is 2.29. The predicted octanol–water partition coefficient (Wildman–Crippen LogP) is 1.44. The molecule has 130 valence electrons. The van der Waals surface area contributed by atoms with Gasteiger partial charge in [-0.1, -0.05) is 6.07 Å². The van der Waals surface area contributed by atoms with Gasteiger partial charge in [0, 0.05) is 12.6 Å². The van der Waals surface area contributed by atoms with Crippen LogP contribution in [0.25, 0.3) is 0 Å². The van der Waals surface area contributed by atoms with Gasteiger partial charge >= 0.3 is 6.03 Å². The number of nitrogens with zero attached hydrogens (tertiary/aromatic N) is 1. The molecular formula is C17H23N3O4. The van der Waals surface area contributed by atoms with Crippen molar-refractivity contribution in [1.82, 2.24) is 15.5 Å².